The van der Waals surface area contributed by atoms with Gasteiger partial charge < -0.3 is 24.1 Å². The Hall–Kier alpha value is -2.30. The number of ether oxygens (including phenoxy) is 3. The van der Waals surface area contributed by atoms with Gasteiger partial charge in [-0.25, -0.2) is 8.42 Å². The normalized spacial score (nSPS) is 13.0. The molecule has 0 aromatic heterocycles. The number of hydrogen-bond donors (Lipinski definition) is 1. The Kier molecular flexibility index (Phi) is 13.6. The first-order chi connectivity index (χ1) is 16.1. The van der Waals surface area contributed by atoms with Crippen LogP contribution >= 0.6 is 0 Å². The van der Waals surface area contributed by atoms with E-state index in [1.54, 1.807) is 12.1 Å². The molecule has 190 valence electrons. The van der Waals surface area contributed by atoms with Crippen molar-refractivity contribution < 1.29 is 37.3 Å². The number of rotatable bonds is 12. The summed E-state index contributed by atoms with van der Waals surface area (Å²) in [4.78, 5) is 11.8. The number of benzene rings is 2. The number of hydrogen-bond acceptors (Lipinski definition) is 7. The molecule has 34 heavy (non-hydrogen) atoms. The molecule has 0 aliphatic rings. The summed E-state index contributed by atoms with van der Waals surface area (Å²) in [7, 11) is -4.27. The first-order valence-corrected chi connectivity index (χ1v) is 12.8. The fourth-order valence-corrected chi connectivity index (χ4v) is 3.70. The van der Waals surface area contributed by atoms with Gasteiger partial charge in [0.1, 0.15) is 28.6 Å². The fourth-order valence-electron chi connectivity index (χ4n) is 3.23. The summed E-state index contributed by atoms with van der Waals surface area (Å²) >= 11 is 0. The summed E-state index contributed by atoms with van der Waals surface area (Å²) in [6.07, 6.45) is -0.170. The Balaban J connectivity index is 0.000000437. The van der Waals surface area contributed by atoms with Crippen LogP contribution in [0.25, 0.3) is 0 Å². The molecule has 8 nitrogen and oxygen atoms in total. The third kappa shape index (κ3) is 11.2. The standard InChI is InChI=1S/C18H29NO4.C7H8O3S/c1-5-21-17(20)13-16(18(22-6-2)23-7-3)19-14(4)15-11-9-8-10-12-15;1-6-2-4-7(5-3-6)11(8,9)10/h8-12,14,16,18-19H,5-7,13H2,1-4H3;2-5H,1H3,(H,8,9,10)/t14-,16+;/m1./s1. The molecule has 0 fully saturated rings. The van der Waals surface area contributed by atoms with Crippen molar-refractivity contribution in [2.24, 2.45) is 0 Å². The zero-order chi connectivity index (χ0) is 25.6. The smallest absolute Gasteiger partial charge is 0.312 e. The van der Waals surface area contributed by atoms with Crippen LogP contribution in [0.4, 0.5) is 0 Å². The molecule has 0 unspecified atom stereocenters. The highest BCUT2D eigenvalue weighted by atomic mass is 32.2. The predicted molar refractivity (Wildman–Crippen MR) is 128 cm³/mol. The third-order valence-electron chi connectivity index (χ3n) is 4.89. The molecule has 0 spiro atoms. The van der Waals surface area contributed by atoms with Crippen molar-refractivity contribution >= 4 is 16.1 Å². The van der Waals surface area contributed by atoms with Crippen molar-refractivity contribution in [1.82, 2.24) is 0 Å². The zero-order valence-corrected chi connectivity index (χ0v) is 21.4. The third-order valence-corrected chi connectivity index (χ3v) is 5.74. The maximum atomic E-state index is 11.9. The molecule has 0 saturated heterocycles. The average Bonchev–Trinajstić information content (AvgIpc) is 2.79. The molecule has 0 aliphatic carbocycles. The molecular formula is C25H37NO7S. The molecule has 2 rings (SSSR count). The summed E-state index contributed by atoms with van der Waals surface area (Å²) in [6, 6.07) is 16.0. The average molecular weight is 496 g/mol. The lowest BCUT2D eigenvalue weighted by Crippen LogP contribution is -2.93. The molecule has 0 saturated carbocycles. The summed E-state index contributed by atoms with van der Waals surface area (Å²) in [5, 5.41) is 2.13. The van der Waals surface area contributed by atoms with Crippen LogP contribution in [0.5, 0.6) is 0 Å². The molecule has 9 heteroatoms. The highest BCUT2D eigenvalue weighted by molar-refractivity contribution is 7.85. The van der Waals surface area contributed by atoms with E-state index >= 15 is 0 Å². The van der Waals surface area contributed by atoms with Gasteiger partial charge in [-0.1, -0.05) is 48.0 Å². The quantitative estimate of drug-likeness (QED) is 0.273. The second-order valence-electron chi connectivity index (χ2n) is 7.61. The van der Waals surface area contributed by atoms with Gasteiger partial charge in [0.05, 0.1) is 11.5 Å². The molecular weight excluding hydrogens is 458 g/mol. The Labute approximate surface area is 203 Å². The Morgan fingerprint density at radius 1 is 0.941 bits per heavy atom. The monoisotopic (exact) mass is 495 g/mol. The minimum Gasteiger partial charge on any atom is -0.744 e. The van der Waals surface area contributed by atoms with Crippen LogP contribution in [0, 0.1) is 6.92 Å². The largest absolute Gasteiger partial charge is 0.744 e. The second-order valence-corrected chi connectivity index (χ2v) is 8.99. The number of aryl methyl sites for hydroxylation is 1. The molecule has 2 aromatic rings. The first-order valence-electron chi connectivity index (χ1n) is 11.4. The summed E-state index contributed by atoms with van der Waals surface area (Å²) in [5.41, 5.74) is 2.13. The summed E-state index contributed by atoms with van der Waals surface area (Å²) in [6.45, 7) is 11.1. The molecule has 0 amide bonds. The maximum absolute atomic E-state index is 11.9. The maximum Gasteiger partial charge on any atom is 0.312 e. The van der Waals surface area contributed by atoms with Gasteiger partial charge >= 0.3 is 5.97 Å². The number of quaternary nitrogens is 1. The second kappa shape index (κ2) is 15.6. The Morgan fingerprint density at radius 3 is 1.97 bits per heavy atom. The van der Waals surface area contributed by atoms with Gasteiger partial charge in [0.2, 0.25) is 6.29 Å². The van der Waals surface area contributed by atoms with Gasteiger partial charge in [0.15, 0.2) is 0 Å². The Bertz CT molecular complexity index is 927. The van der Waals surface area contributed by atoms with E-state index in [1.165, 1.54) is 17.7 Å². The molecule has 0 radical (unpaired) electrons. The van der Waals surface area contributed by atoms with Crippen molar-refractivity contribution in [3.63, 3.8) is 0 Å². The Morgan fingerprint density at radius 2 is 1.50 bits per heavy atom. The molecule has 2 aromatic carbocycles. The van der Waals surface area contributed by atoms with Crippen LogP contribution in [-0.2, 0) is 29.1 Å². The van der Waals surface area contributed by atoms with Crippen LogP contribution in [0.15, 0.2) is 59.5 Å². The van der Waals surface area contributed by atoms with Crippen LogP contribution in [-0.4, -0.2) is 51.1 Å². The minimum absolute atomic E-state index is 0.149. The van der Waals surface area contributed by atoms with E-state index in [2.05, 4.69) is 24.4 Å². The van der Waals surface area contributed by atoms with Gasteiger partial charge in [-0.15, -0.1) is 0 Å². The lowest BCUT2D eigenvalue weighted by Gasteiger charge is -2.27. The topological polar surface area (TPSA) is 119 Å². The first kappa shape index (κ1) is 29.7. The zero-order valence-electron chi connectivity index (χ0n) is 20.6. The molecule has 0 heterocycles. The van der Waals surface area contributed by atoms with Gasteiger partial charge in [0, 0.05) is 18.8 Å². The molecule has 2 atom stereocenters. The van der Waals surface area contributed by atoms with Crippen molar-refractivity contribution in [2.75, 3.05) is 19.8 Å². The fraction of sp³-hybridized carbons (Fsp3) is 0.480. The molecule has 2 N–H and O–H groups in total. The number of nitrogens with two attached hydrogens (primary N) is 1. The van der Waals surface area contributed by atoms with Gasteiger partial charge in [0.25, 0.3) is 0 Å². The SMILES string of the molecule is CCOC(=O)C[C@H]([NH2+][C@H](C)c1ccccc1)C(OCC)OCC.Cc1ccc(S(=O)(=O)[O-])cc1. The van der Waals surface area contributed by atoms with Crippen LogP contribution in [0.2, 0.25) is 0 Å². The minimum atomic E-state index is -4.27. The van der Waals surface area contributed by atoms with E-state index in [9.17, 15) is 17.8 Å². The number of carbonyl (C=O) groups is 1. The predicted octanol–water partition coefficient (Wildman–Crippen LogP) is 2.93. The van der Waals surface area contributed by atoms with Crippen molar-refractivity contribution in [2.45, 2.75) is 64.3 Å². The highest BCUT2D eigenvalue weighted by Gasteiger charge is 2.31. The molecule has 0 aliphatic heterocycles. The summed E-state index contributed by atoms with van der Waals surface area (Å²) < 4.78 is 47.7. The van der Waals surface area contributed by atoms with E-state index < -0.39 is 16.4 Å². The van der Waals surface area contributed by atoms with Crippen molar-refractivity contribution in [3.05, 3.63) is 65.7 Å². The van der Waals surface area contributed by atoms with E-state index in [-0.39, 0.29) is 29.4 Å². The van der Waals surface area contributed by atoms with Gasteiger partial charge in [-0.2, -0.15) is 0 Å². The van der Waals surface area contributed by atoms with Crippen LogP contribution < -0.4 is 5.32 Å². The van der Waals surface area contributed by atoms with Crippen molar-refractivity contribution in [3.8, 4) is 0 Å². The van der Waals surface area contributed by atoms with E-state index in [4.69, 9.17) is 14.2 Å². The lowest BCUT2D eigenvalue weighted by atomic mass is 10.1. The summed E-state index contributed by atoms with van der Waals surface area (Å²) in [5.74, 6) is -0.224. The lowest BCUT2D eigenvalue weighted by molar-refractivity contribution is -0.737. The van der Waals surface area contributed by atoms with Crippen LogP contribution in [0.1, 0.15) is 51.3 Å². The highest BCUT2D eigenvalue weighted by Crippen LogP contribution is 2.11. The van der Waals surface area contributed by atoms with E-state index in [0.29, 0.717) is 19.8 Å². The number of esters is 1. The van der Waals surface area contributed by atoms with E-state index in [1.807, 2.05) is 45.9 Å². The van der Waals surface area contributed by atoms with Gasteiger partial charge in [-0.3, -0.25) is 4.79 Å². The van der Waals surface area contributed by atoms with Crippen molar-refractivity contribution in [1.29, 1.82) is 0 Å². The molecule has 0 bridgehead atoms. The van der Waals surface area contributed by atoms with Crippen LogP contribution in [0.3, 0.4) is 0 Å². The van der Waals surface area contributed by atoms with Gasteiger partial charge in [-0.05, 0) is 46.8 Å². The number of carbonyl (C=O) groups excluding carboxylic acids is 1. The van der Waals surface area contributed by atoms with E-state index in [0.717, 1.165) is 5.56 Å².